The van der Waals surface area contributed by atoms with Crippen LogP contribution in [0.15, 0.2) is 6.07 Å². The average Bonchev–Trinajstić information content (AvgIpc) is 2.53. The molecule has 0 unspecified atom stereocenters. The van der Waals surface area contributed by atoms with E-state index in [4.69, 9.17) is 9.47 Å². The fraction of sp³-hybridized carbons (Fsp3) is 0.647. The summed E-state index contributed by atoms with van der Waals surface area (Å²) in [6.07, 6.45) is 0. The van der Waals surface area contributed by atoms with Gasteiger partial charge in [-0.1, -0.05) is 0 Å². The Morgan fingerprint density at radius 3 is 2.65 bits per heavy atom. The maximum atomic E-state index is 12.7. The van der Waals surface area contributed by atoms with Crippen LogP contribution in [-0.2, 0) is 16.1 Å². The summed E-state index contributed by atoms with van der Waals surface area (Å²) in [7, 11) is 1.60. The molecule has 6 nitrogen and oxygen atoms in total. The van der Waals surface area contributed by atoms with E-state index in [2.05, 4.69) is 15.2 Å². The van der Waals surface area contributed by atoms with Gasteiger partial charge < -0.3 is 14.8 Å². The van der Waals surface area contributed by atoms with Crippen molar-refractivity contribution in [2.24, 2.45) is 0 Å². The summed E-state index contributed by atoms with van der Waals surface area (Å²) >= 11 is 0. The van der Waals surface area contributed by atoms with E-state index in [-0.39, 0.29) is 5.91 Å². The second-order valence-electron chi connectivity index (χ2n) is 6.41. The summed E-state index contributed by atoms with van der Waals surface area (Å²) in [6.45, 7) is 11.1. The molecule has 1 aliphatic heterocycles. The van der Waals surface area contributed by atoms with Crippen LogP contribution in [0, 0.1) is 13.8 Å². The van der Waals surface area contributed by atoms with E-state index in [9.17, 15) is 4.79 Å². The molecule has 0 aliphatic carbocycles. The molecule has 0 spiro atoms. The van der Waals surface area contributed by atoms with Crippen molar-refractivity contribution in [1.82, 2.24) is 15.2 Å². The summed E-state index contributed by atoms with van der Waals surface area (Å²) in [5.41, 5.74) is 2.33. The van der Waals surface area contributed by atoms with E-state index in [0.29, 0.717) is 25.6 Å². The van der Waals surface area contributed by atoms with Gasteiger partial charge in [-0.3, -0.25) is 9.69 Å². The third kappa shape index (κ3) is 4.00. The van der Waals surface area contributed by atoms with E-state index in [1.165, 1.54) is 0 Å². The molecule has 0 aromatic carbocycles. The number of aryl methyl sites for hydroxylation is 2. The summed E-state index contributed by atoms with van der Waals surface area (Å²) in [5.74, 6) is 0.577. The number of carbonyl (C=O) groups is 1. The number of hydrogen-bond donors (Lipinski definition) is 1. The van der Waals surface area contributed by atoms with Crippen molar-refractivity contribution in [2.45, 2.75) is 39.8 Å². The molecule has 1 saturated heterocycles. The second kappa shape index (κ2) is 7.27. The van der Waals surface area contributed by atoms with Crippen molar-refractivity contribution in [2.75, 3.05) is 33.4 Å². The first-order valence-corrected chi connectivity index (χ1v) is 7.98. The lowest BCUT2D eigenvalue weighted by molar-refractivity contribution is -0.134. The minimum Gasteiger partial charge on any atom is -0.481 e. The Bertz CT molecular complexity index is 566. The highest BCUT2D eigenvalue weighted by Gasteiger charge is 2.35. The molecule has 1 fully saturated rings. The molecule has 0 atom stereocenters. The molecule has 1 aliphatic rings. The third-order valence-corrected chi connectivity index (χ3v) is 4.41. The molecule has 2 rings (SSSR count). The SMILES string of the molecule is COc1nc(C)cc(C)c1CNC(=O)C(C)(C)N1CCOCC1. The summed E-state index contributed by atoms with van der Waals surface area (Å²) < 4.78 is 10.7. The quantitative estimate of drug-likeness (QED) is 0.889. The van der Waals surface area contributed by atoms with Gasteiger partial charge in [0.15, 0.2) is 0 Å². The fourth-order valence-electron chi connectivity index (χ4n) is 2.86. The van der Waals surface area contributed by atoms with Gasteiger partial charge in [0.2, 0.25) is 11.8 Å². The molecule has 1 amide bonds. The third-order valence-electron chi connectivity index (χ3n) is 4.41. The standard InChI is InChI=1S/C17H27N3O3/c1-12-10-13(2)19-15(22-5)14(12)11-18-16(21)17(3,4)20-6-8-23-9-7-20/h10H,6-9,11H2,1-5H3,(H,18,21). The van der Waals surface area contributed by atoms with Crippen molar-refractivity contribution in [3.05, 3.63) is 22.9 Å². The number of aromatic nitrogens is 1. The Morgan fingerprint density at radius 1 is 1.39 bits per heavy atom. The Hall–Kier alpha value is -1.66. The first kappa shape index (κ1) is 17.7. The van der Waals surface area contributed by atoms with Crippen molar-refractivity contribution in [3.8, 4) is 5.88 Å². The molecule has 1 aromatic heterocycles. The average molecular weight is 321 g/mol. The summed E-state index contributed by atoms with van der Waals surface area (Å²) in [6, 6.07) is 2.00. The van der Waals surface area contributed by atoms with Crippen molar-refractivity contribution >= 4 is 5.91 Å². The lowest BCUT2D eigenvalue weighted by atomic mass is 10.0. The molecular weight excluding hydrogens is 294 g/mol. The highest BCUT2D eigenvalue weighted by molar-refractivity contribution is 5.85. The van der Waals surface area contributed by atoms with Gasteiger partial charge in [0.1, 0.15) is 0 Å². The van der Waals surface area contributed by atoms with Gasteiger partial charge in [-0.15, -0.1) is 0 Å². The molecule has 128 valence electrons. The predicted molar refractivity (Wildman–Crippen MR) is 88.6 cm³/mol. The predicted octanol–water partition coefficient (Wildman–Crippen LogP) is 1.43. The van der Waals surface area contributed by atoms with Gasteiger partial charge in [0, 0.05) is 30.9 Å². The van der Waals surface area contributed by atoms with E-state index in [0.717, 1.165) is 29.9 Å². The normalized spacial score (nSPS) is 16.2. The van der Waals surface area contributed by atoms with Crippen molar-refractivity contribution in [1.29, 1.82) is 0 Å². The Labute approximate surface area is 138 Å². The largest absolute Gasteiger partial charge is 0.481 e. The lowest BCUT2D eigenvalue weighted by Gasteiger charge is -2.39. The zero-order valence-corrected chi connectivity index (χ0v) is 14.7. The van der Waals surface area contributed by atoms with Gasteiger partial charge in [0.05, 0.1) is 25.9 Å². The Balaban J connectivity index is 2.06. The number of pyridine rings is 1. The Kier molecular flexibility index (Phi) is 5.59. The highest BCUT2D eigenvalue weighted by Crippen LogP contribution is 2.21. The van der Waals surface area contributed by atoms with Crippen LogP contribution in [0.3, 0.4) is 0 Å². The topological polar surface area (TPSA) is 63.7 Å². The number of rotatable bonds is 5. The highest BCUT2D eigenvalue weighted by atomic mass is 16.5. The number of morpholine rings is 1. The number of hydrogen-bond acceptors (Lipinski definition) is 5. The molecular formula is C17H27N3O3. The summed E-state index contributed by atoms with van der Waals surface area (Å²) in [5, 5.41) is 3.03. The fourth-order valence-corrected chi connectivity index (χ4v) is 2.86. The molecule has 0 radical (unpaired) electrons. The smallest absolute Gasteiger partial charge is 0.240 e. The number of nitrogens with zero attached hydrogens (tertiary/aromatic N) is 2. The molecule has 2 heterocycles. The van der Waals surface area contributed by atoms with E-state index in [1.807, 2.05) is 33.8 Å². The van der Waals surface area contributed by atoms with Crippen LogP contribution in [0.2, 0.25) is 0 Å². The first-order valence-electron chi connectivity index (χ1n) is 7.98. The zero-order valence-electron chi connectivity index (χ0n) is 14.7. The number of nitrogens with one attached hydrogen (secondary N) is 1. The van der Waals surface area contributed by atoms with Gasteiger partial charge in [-0.2, -0.15) is 0 Å². The Morgan fingerprint density at radius 2 is 2.04 bits per heavy atom. The van der Waals surface area contributed by atoms with E-state index in [1.54, 1.807) is 7.11 Å². The maximum absolute atomic E-state index is 12.7. The van der Waals surface area contributed by atoms with E-state index >= 15 is 0 Å². The molecule has 1 N–H and O–H groups in total. The minimum absolute atomic E-state index is 0.00132. The van der Waals surface area contributed by atoms with Crippen LogP contribution < -0.4 is 10.1 Å². The molecule has 6 heteroatoms. The zero-order chi connectivity index (χ0) is 17.0. The van der Waals surface area contributed by atoms with Crippen molar-refractivity contribution < 1.29 is 14.3 Å². The molecule has 0 saturated carbocycles. The molecule has 1 aromatic rings. The lowest BCUT2D eigenvalue weighted by Crippen LogP contribution is -2.57. The number of carbonyl (C=O) groups excluding carboxylic acids is 1. The van der Waals surface area contributed by atoms with Crippen LogP contribution >= 0.6 is 0 Å². The second-order valence-corrected chi connectivity index (χ2v) is 6.41. The van der Waals surface area contributed by atoms with Crippen LogP contribution in [0.1, 0.15) is 30.7 Å². The van der Waals surface area contributed by atoms with Crippen molar-refractivity contribution in [3.63, 3.8) is 0 Å². The molecule has 0 bridgehead atoms. The monoisotopic (exact) mass is 321 g/mol. The van der Waals surface area contributed by atoms with Gasteiger partial charge in [0.25, 0.3) is 0 Å². The number of ether oxygens (including phenoxy) is 2. The number of amides is 1. The van der Waals surface area contributed by atoms with E-state index < -0.39 is 5.54 Å². The van der Waals surface area contributed by atoms with Gasteiger partial charge in [-0.25, -0.2) is 4.98 Å². The van der Waals surface area contributed by atoms with Crippen LogP contribution in [0.25, 0.3) is 0 Å². The maximum Gasteiger partial charge on any atom is 0.240 e. The van der Waals surface area contributed by atoms with Gasteiger partial charge >= 0.3 is 0 Å². The van der Waals surface area contributed by atoms with Crippen LogP contribution in [0.4, 0.5) is 0 Å². The van der Waals surface area contributed by atoms with Crippen LogP contribution in [-0.4, -0.2) is 54.7 Å². The van der Waals surface area contributed by atoms with Gasteiger partial charge in [-0.05, 0) is 39.3 Å². The number of methoxy groups -OCH3 is 1. The first-order chi connectivity index (χ1) is 10.9. The summed E-state index contributed by atoms with van der Waals surface area (Å²) in [4.78, 5) is 19.2. The minimum atomic E-state index is -0.566. The van der Waals surface area contributed by atoms with Crippen LogP contribution in [0.5, 0.6) is 5.88 Å². The molecule has 23 heavy (non-hydrogen) atoms.